The Labute approximate surface area is 325 Å². The van der Waals surface area contributed by atoms with Crippen LogP contribution >= 0.6 is 0 Å². The fraction of sp³-hybridized carbons (Fsp3) is 0.381. The van der Waals surface area contributed by atoms with Crippen LogP contribution in [-0.2, 0) is 36.1 Å². The Hall–Kier alpha value is -6.02. The number of aryl methyl sites for hydroxylation is 3. The van der Waals surface area contributed by atoms with Gasteiger partial charge in [0.05, 0.1) is 11.9 Å². The summed E-state index contributed by atoms with van der Waals surface area (Å²) in [5.41, 5.74) is 10.1. The van der Waals surface area contributed by atoms with Crippen LogP contribution in [0.25, 0.3) is 11.0 Å². The van der Waals surface area contributed by atoms with E-state index in [1.807, 2.05) is 30.1 Å². The van der Waals surface area contributed by atoms with Gasteiger partial charge in [0.2, 0.25) is 17.8 Å². The molecule has 2 fully saturated rings. The van der Waals surface area contributed by atoms with Crippen molar-refractivity contribution in [1.82, 2.24) is 39.8 Å². The Balaban J connectivity index is 0.797. The maximum absolute atomic E-state index is 13.6. The summed E-state index contributed by atoms with van der Waals surface area (Å²) in [6, 6.07) is 18.2. The summed E-state index contributed by atoms with van der Waals surface area (Å²) in [6.45, 7) is 9.92. The van der Waals surface area contributed by atoms with Gasteiger partial charge >= 0.3 is 0 Å². The first-order valence-electron chi connectivity index (χ1n) is 19.6. The first-order valence-corrected chi connectivity index (χ1v) is 19.6. The lowest BCUT2D eigenvalue weighted by Crippen LogP contribution is -2.51. The fourth-order valence-electron chi connectivity index (χ4n) is 8.61. The number of carbonyl (C=O) groups excluding carboxylic acids is 3. The van der Waals surface area contributed by atoms with Crippen LogP contribution in [0.2, 0.25) is 0 Å². The van der Waals surface area contributed by atoms with Gasteiger partial charge in [0.25, 0.3) is 5.91 Å². The zero-order valence-electron chi connectivity index (χ0n) is 32.1. The van der Waals surface area contributed by atoms with Gasteiger partial charge in [-0.1, -0.05) is 24.3 Å². The predicted molar refractivity (Wildman–Crippen MR) is 215 cm³/mol. The molecule has 6 heterocycles. The third-order valence-corrected chi connectivity index (χ3v) is 11.8. The van der Waals surface area contributed by atoms with E-state index in [9.17, 15) is 14.4 Å². The molecule has 0 spiro atoms. The van der Waals surface area contributed by atoms with Gasteiger partial charge in [-0.05, 0) is 91.3 Å². The second kappa shape index (κ2) is 14.6. The number of benzene rings is 3. The SMILES string of the molecule is Cc1cccc(C)c1Nc1nn(C)c2nc(Nc3ccc4c(c3)CN(CC(=O)N3CCN(c5ccc6c(c5)CN(C5CCCNC5=O)C6=O)CC3)CC4)ncc12. The van der Waals surface area contributed by atoms with Crippen LogP contribution in [0.15, 0.2) is 60.8 Å². The largest absolute Gasteiger partial charge is 0.368 e. The highest BCUT2D eigenvalue weighted by Crippen LogP contribution is 2.32. The molecule has 288 valence electrons. The molecule has 4 aliphatic heterocycles. The van der Waals surface area contributed by atoms with Crippen LogP contribution in [0.3, 0.4) is 0 Å². The molecule has 3 amide bonds. The third kappa shape index (κ3) is 6.78. The number of hydrogen-bond donors (Lipinski definition) is 3. The highest BCUT2D eigenvalue weighted by Gasteiger charge is 2.38. The molecular formula is C42H47N11O3. The molecule has 4 aliphatic rings. The molecular weight excluding hydrogens is 707 g/mol. The maximum atomic E-state index is 13.6. The number of nitrogens with one attached hydrogen (secondary N) is 3. The Bertz CT molecular complexity index is 2350. The summed E-state index contributed by atoms with van der Waals surface area (Å²) in [5.74, 6) is 1.23. The molecule has 3 N–H and O–H groups in total. The number of nitrogens with zero attached hydrogens (tertiary/aromatic N) is 8. The van der Waals surface area contributed by atoms with Crippen molar-refractivity contribution in [3.05, 3.63) is 94.2 Å². The van der Waals surface area contributed by atoms with Gasteiger partial charge in [0.15, 0.2) is 11.5 Å². The number of piperazine rings is 1. The number of aromatic nitrogens is 4. The van der Waals surface area contributed by atoms with Crippen molar-refractivity contribution >= 4 is 57.6 Å². The van der Waals surface area contributed by atoms with Crippen molar-refractivity contribution in [3.63, 3.8) is 0 Å². The predicted octanol–water partition coefficient (Wildman–Crippen LogP) is 4.41. The Morgan fingerprint density at radius 3 is 2.54 bits per heavy atom. The van der Waals surface area contributed by atoms with Gasteiger partial charge < -0.3 is 30.7 Å². The lowest BCUT2D eigenvalue weighted by atomic mass is 9.99. The van der Waals surface area contributed by atoms with Crippen LogP contribution < -0.4 is 20.9 Å². The van der Waals surface area contributed by atoms with Crippen LogP contribution in [0, 0.1) is 13.8 Å². The normalized spacial score (nSPS) is 18.6. The van der Waals surface area contributed by atoms with E-state index < -0.39 is 6.04 Å². The Morgan fingerprint density at radius 2 is 1.73 bits per heavy atom. The number of anilines is 5. The number of hydrogen-bond acceptors (Lipinski definition) is 10. The minimum Gasteiger partial charge on any atom is -0.368 e. The number of rotatable bonds is 8. The zero-order valence-corrected chi connectivity index (χ0v) is 32.1. The highest BCUT2D eigenvalue weighted by atomic mass is 16.2. The zero-order chi connectivity index (χ0) is 38.5. The van der Waals surface area contributed by atoms with Crippen LogP contribution in [0.4, 0.5) is 28.8 Å². The van der Waals surface area contributed by atoms with E-state index in [0.29, 0.717) is 63.0 Å². The maximum Gasteiger partial charge on any atom is 0.255 e. The molecule has 14 nitrogen and oxygen atoms in total. The van der Waals surface area contributed by atoms with Crippen molar-refractivity contribution in [2.75, 3.05) is 61.3 Å². The topological polar surface area (TPSA) is 144 Å². The van der Waals surface area contributed by atoms with E-state index in [0.717, 1.165) is 77.3 Å². The van der Waals surface area contributed by atoms with Crippen LogP contribution in [0.5, 0.6) is 0 Å². The molecule has 0 saturated carbocycles. The van der Waals surface area contributed by atoms with Crippen LogP contribution in [-0.4, -0.2) is 104 Å². The molecule has 0 bridgehead atoms. The monoisotopic (exact) mass is 753 g/mol. The standard InChI is InChI=1S/C42H47N11O3/c1-26-6-4-7-27(2)37(26)46-38-34-22-44-42(47-39(34)49(3)48-38)45-31-10-9-28-13-15-50(23-29(28)20-31)25-36(54)52-18-16-51(17-19-52)32-11-12-33-30(21-32)24-53(41(33)56)35-8-5-14-43-40(35)55/h4,6-7,9-12,20-22,35H,5,8,13-19,23-25H2,1-3H3,(H,43,55)(H,46,48)(H,44,45,47). The van der Waals surface area contributed by atoms with E-state index in [4.69, 9.17) is 10.1 Å². The van der Waals surface area contributed by atoms with Crippen molar-refractivity contribution in [1.29, 1.82) is 0 Å². The van der Waals surface area contributed by atoms with Crippen molar-refractivity contribution in [2.24, 2.45) is 7.05 Å². The molecule has 5 aromatic rings. The number of carbonyl (C=O) groups is 3. The summed E-state index contributed by atoms with van der Waals surface area (Å²) >= 11 is 0. The van der Waals surface area contributed by atoms with Gasteiger partial charge in [-0.15, -0.1) is 0 Å². The molecule has 0 aliphatic carbocycles. The summed E-state index contributed by atoms with van der Waals surface area (Å²) in [5, 5.41) is 15.3. The quantitative estimate of drug-likeness (QED) is 0.209. The van der Waals surface area contributed by atoms with Crippen molar-refractivity contribution in [2.45, 2.75) is 52.2 Å². The second-order valence-electron chi connectivity index (χ2n) is 15.5. The lowest BCUT2D eigenvalue weighted by Gasteiger charge is -2.37. The highest BCUT2D eigenvalue weighted by molar-refractivity contribution is 6.01. The molecule has 2 aromatic heterocycles. The minimum atomic E-state index is -0.399. The lowest BCUT2D eigenvalue weighted by molar-refractivity contribution is -0.133. The molecule has 9 rings (SSSR count). The van der Waals surface area contributed by atoms with Gasteiger partial charge in [-0.3, -0.25) is 19.3 Å². The fourth-order valence-corrected chi connectivity index (χ4v) is 8.61. The van der Waals surface area contributed by atoms with Crippen molar-refractivity contribution < 1.29 is 14.4 Å². The molecule has 2 saturated heterocycles. The second-order valence-corrected chi connectivity index (χ2v) is 15.5. The first kappa shape index (κ1) is 35.7. The number of piperidine rings is 1. The summed E-state index contributed by atoms with van der Waals surface area (Å²) in [4.78, 5) is 56.8. The minimum absolute atomic E-state index is 0.0592. The molecule has 56 heavy (non-hydrogen) atoms. The van der Waals surface area contributed by atoms with Gasteiger partial charge in [-0.25, -0.2) is 9.67 Å². The van der Waals surface area contributed by atoms with E-state index in [1.54, 1.807) is 15.8 Å². The smallest absolute Gasteiger partial charge is 0.255 e. The van der Waals surface area contributed by atoms with Crippen molar-refractivity contribution in [3.8, 4) is 0 Å². The molecule has 3 aromatic carbocycles. The average Bonchev–Trinajstić information content (AvgIpc) is 3.70. The number of para-hydroxylation sites is 1. The number of amides is 3. The Kier molecular flexibility index (Phi) is 9.28. The summed E-state index contributed by atoms with van der Waals surface area (Å²) in [7, 11) is 1.89. The van der Waals surface area contributed by atoms with E-state index in [2.05, 4.69) is 81.0 Å². The van der Waals surface area contributed by atoms with Crippen LogP contribution in [0.1, 0.15) is 51.0 Å². The van der Waals surface area contributed by atoms with Gasteiger partial charge in [-0.2, -0.15) is 10.1 Å². The Morgan fingerprint density at radius 1 is 0.911 bits per heavy atom. The van der Waals surface area contributed by atoms with Gasteiger partial charge in [0.1, 0.15) is 6.04 Å². The average molecular weight is 754 g/mol. The van der Waals surface area contributed by atoms with E-state index in [1.165, 1.54) is 11.1 Å². The molecule has 14 heteroatoms. The van der Waals surface area contributed by atoms with E-state index in [-0.39, 0.29) is 17.7 Å². The van der Waals surface area contributed by atoms with Gasteiger partial charge in [0, 0.05) is 88.2 Å². The third-order valence-electron chi connectivity index (χ3n) is 11.8. The first-order chi connectivity index (χ1) is 27.2. The van der Waals surface area contributed by atoms with E-state index >= 15 is 0 Å². The number of fused-ring (bicyclic) bond motifs is 3. The summed E-state index contributed by atoms with van der Waals surface area (Å²) < 4.78 is 1.77. The summed E-state index contributed by atoms with van der Waals surface area (Å²) in [6.07, 6.45) is 4.27. The molecule has 1 atom stereocenters. The molecule has 1 unspecified atom stereocenters. The molecule has 0 radical (unpaired) electrons.